The monoisotopic (exact) mass is 350 g/mol. The van der Waals surface area contributed by atoms with Gasteiger partial charge in [-0.05, 0) is 30.4 Å². The molecule has 0 radical (unpaired) electrons. The largest absolute Gasteiger partial charge is 0.343 e. The fourth-order valence-corrected chi connectivity index (χ4v) is 3.77. The Labute approximate surface area is 150 Å². The third kappa shape index (κ3) is 3.74. The van der Waals surface area contributed by atoms with Crippen molar-refractivity contribution < 1.29 is 4.79 Å². The predicted molar refractivity (Wildman–Crippen MR) is 96.6 cm³/mol. The Morgan fingerprint density at radius 2 is 2.04 bits per heavy atom. The molecule has 0 spiro atoms. The van der Waals surface area contributed by atoms with Gasteiger partial charge in [0.2, 0.25) is 0 Å². The van der Waals surface area contributed by atoms with Crippen LogP contribution in [0.5, 0.6) is 0 Å². The van der Waals surface area contributed by atoms with Crippen molar-refractivity contribution in [2.45, 2.75) is 32.2 Å². The highest BCUT2D eigenvalue weighted by atomic mass is 32.1. The topological polar surface area (TPSA) is 67.8 Å². The summed E-state index contributed by atoms with van der Waals surface area (Å²) >= 11 is 1.51. The van der Waals surface area contributed by atoms with Crippen LogP contribution < -0.4 is 5.32 Å². The van der Waals surface area contributed by atoms with E-state index < -0.39 is 0 Å². The fourth-order valence-electron chi connectivity index (χ4n) is 2.96. The van der Waals surface area contributed by atoms with Crippen LogP contribution in [-0.2, 0) is 25.8 Å². The van der Waals surface area contributed by atoms with Crippen molar-refractivity contribution in [3.05, 3.63) is 75.3 Å². The summed E-state index contributed by atoms with van der Waals surface area (Å²) in [6.07, 6.45) is 5.84. The smallest absolute Gasteiger partial charge is 0.271 e. The predicted octanol–water partition coefficient (Wildman–Crippen LogP) is 2.94. The van der Waals surface area contributed by atoms with Gasteiger partial charge in [0.15, 0.2) is 0 Å². The van der Waals surface area contributed by atoms with Crippen LogP contribution in [0.25, 0.3) is 0 Å². The van der Waals surface area contributed by atoms with Crippen molar-refractivity contribution >= 4 is 17.2 Å². The zero-order valence-corrected chi connectivity index (χ0v) is 14.6. The average molecular weight is 350 g/mol. The molecule has 0 bridgehead atoms. The molecule has 1 aromatic carbocycles. The molecule has 3 aromatic rings. The highest BCUT2D eigenvalue weighted by molar-refractivity contribution is 7.09. The van der Waals surface area contributed by atoms with Gasteiger partial charge >= 0.3 is 0 Å². The van der Waals surface area contributed by atoms with Gasteiger partial charge in [-0.1, -0.05) is 30.3 Å². The van der Waals surface area contributed by atoms with Gasteiger partial charge in [-0.3, -0.25) is 4.79 Å². The van der Waals surface area contributed by atoms with Crippen molar-refractivity contribution in [3.63, 3.8) is 0 Å². The lowest BCUT2D eigenvalue weighted by Gasteiger charge is -2.04. The van der Waals surface area contributed by atoms with Gasteiger partial charge in [0, 0.05) is 23.7 Å². The molecule has 6 heteroatoms. The van der Waals surface area contributed by atoms with Crippen LogP contribution in [0.2, 0.25) is 0 Å². The summed E-state index contributed by atoms with van der Waals surface area (Å²) in [6.45, 7) is 0.331. The molecule has 0 unspecified atom stereocenters. The van der Waals surface area contributed by atoms with E-state index in [1.165, 1.54) is 22.5 Å². The SMILES string of the molecule is O=C(NCc1ncc2c(n1)CCC2)c1csc(Cc2ccccc2)n1. The first kappa shape index (κ1) is 15.9. The summed E-state index contributed by atoms with van der Waals surface area (Å²) in [4.78, 5) is 25.6. The third-order valence-corrected chi connectivity index (χ3v) is 5.10. The van der Waals surface area contributed by atoms with Crippen LogP contribution in [0.3, 0.4) is 0 Å². The maximum Gasteiger partial charge on any atom is 0.271 e. The van der Waals surface area contributed by atoms with E-state index in [9.17, 15) is 4.79 Å². The number of hydrogen-bond acceptors (Lipinski definition) is 5. The molecule has 0 aliphatic heterocycles. The zero-order valence-electron chi connectivity index (χ0n) is 13.7. The zero-order chi connectivity index (χ0) is 17.1. The molecule has 0 atom stereocenters. The highest BCUT2D eigenvalue weighted by Gasteiger charge is 2.15. The molecule has 1 aliphatic carbocycles. The standard InChI is InChI=1S/C19H18N4OS/c24-19(21-11-17-20-10-14-7-4-8-15(14)22-17)16-12-25-18(23-16)9-13-5-2-1-3-6-13/h1-3,5-6,10,12H,4,7-9,11H2,(H,21,24). The Morgan fingerprint density at radius 1 is 1.16 bits per heavy atom. The number of aromatic nitrogens is 3. The Kier molecular flexibility index (Phi) is 4.52. The van der Waals surface area contributed by atoms with Crippen LogP contribution in [0.1, 0.15) is 44.6 Å². The summed E-state index contributed by atoms with van der Waals surface area (Å²) in [7, 11) is 0. The number of benzene rings is 1. The van der Waals surface area contributed by atoms with Gasteiger partial charge in [-0.2, -0.15) is 0 Å². The van der Waals surface area contributed by atoms with Crippen LogP contribution in [0, 0.1) is 0 Å². The highest BCUT2D eigenvalue weighted by Crippen LogP contribution is 2.18. The Bertz CT molecular complexity index is 891. The van der Waals surface area contributed by atoms with Gasteiger partial charge in [0.25, 0.3) is 5.91 Å². The maximum atomic E-state index is 12.3. The van der Waals surface area contributed by atoms with E-state index in [1.807, 2.05) is 24.4 Å². The first-order valence-electron chi connectivity index (χ1n) is 8.38. The summed E-state index contributed by atoms with van der Waals surface area (Å²) in [5, 5.41) is 5.60. The molecule has 1 aliphatic rings. The molecule has 0 fully saturated rings. The number of aryl methyl sites for hydroxylation is 2. The van der Waals surface area contributed by atoms with Crippen molar-refractivity contribution in [3.8, 4) is 0 Å². The number of fused-ring (bicyclic) bond motifs is 1. The summed E-state index contributed by atoms with van der Waals surface area (Å²) < 4.78 is 0. The van der Waals surface area contributed by atoms with Crippen molar-refractivity contribution in [2.24, 2.45) is 0 Å². The van der Waals surface area contributed by atoms with E-state index in [-0.39, 0.29) is 5.91 Å². The van der Waals surface area contributed by atoms with E-state index in [0.717, 1.165) is 36.4 Å². The van der Waals surface area contributed by atoms with Crippen LogP contribution >= 0.6 is 11.3 Å². The number of nitrogens with one attached hydrogen (secondary N) is 1. The average Bonchev–Trinajstić information content (AvgIpc) is 3.29. The number of rotatable bonds is 5. The normalized spacial score (nSPS) is 12.8. The fraction of sp³-hybridized carbons (Fsp3) is 0.263. The molecule has 126 valence electrons. The van der Waals surface area contributed by atoms with Crippen molar-refractivity contribution in [1.29, 1.82) is 0 Å². The van der Waals surface area contributed by atoms with E-state index in [4.69, 9.17) is 0 Å². The Hall–Kier alpha value is -2.60. The van der Waals surface area contributed by atoms with Crippen LogP contribution in [0.15, 0.2) is 41.9 Å². The van der Waals surface area contributed by atoms with Gasteiger partial charge < -0.3 is 5.32 Å². The lowest BCUT2D eigenvalue weighted by atomic mass is 10.2. The molecule has 0 saturated carbocycles. The summed E-state index contributed by atoms with van der Waals surface area (Å²) in [5.74, 6) is 0.480. The minimum absolute atomic E-state index is 0.181. The first-order valence-corrected chi connectivity index (χ1v) is 9.26. The molecule has 25 heavy (non-hydrogen) atoms. The van der Waals surface area contributed by atoms with Crippen molar-refractivity contribution in [2.75, 3.05) is 0 Å². The molecule has 4 rings (SSSR count). The lowest BCUT2D eigenvalue weighted by molar-refractivity contribution is 0.0945. The first-order chi connectivity index (χ1) is 12.3. The maximum absolute atomic E-state index is 12.3. The number of carbonyl (C=O) groups excluding carboxylic acids is 1. The van der Waals surface area contributed by atoms with E-state index in [1.54, 1.807) is 5.38 Å². The molecular formula is C19H18N4OS. The third-order valence-electron chi connectivity index (χ3n) is 4.25. The Morgan fingerprint density at radius 3 is 2.92 bits per heavy atom. The minimum Gasteiger partial charge on any atom is -0.343 e. The lowest BCUT2D eigenvalue weighted by Crippen LogP contribution is -2.24. The number of nitrogens with zero attached hydrogens (tertiary/aromatic N) is 3. The summed E-state index contributed by atoms with van der Waals surface area (Å²) in [5.41, 5.74) is 4.01. The number of amides is 1. The second-order valence-corrected chi connectivity index (χ2v) is 7.03. The molecule has 2 aromatic heterocycles. The van der Waals surface area contributed by atoms with Gasteiger partial charge in [0.05, 0.1) is 11.6 Å². The summed E-state index contributed by atoms with van der Waals surface area (Å²) in [6, 6.07) is 10.1. The molecule has 1 N–H and O–H groups in total. The molecule has 0 saturated heterocycles. The van der Waals surface area contributed by atoms with E-state index in [2.05, 4.69) is 32.4 Å². The quantitative estimate of drug-likeness (QED) is 0.768. The molecule has 1 amide bonds. The van der Waals surface area contributed by atoms with E-state index >= 15 is 0 Å². The molecule has 2 heterocycles. The van der Waals surface area contributed by atoms with Gasteiger partial charge in [-0.25, -0.2) is 15.0 Å². The number of hydrogen-bond donors (Lipinski definition) is 1. The number of thiazole rings is 1. The minimum atomic E-state index is -0.181. The second kappa shape index (κ2) is 7.11. The van der Waals surface area contributed by atoms with E-state index in [0.29, 0.717) is 18.1 Å². The second-order valence-electron chi connectivity index (χ2n) is 6.08. The van der Waals surface area contributed by atoms with Crippen molar-refractivity contribution in [1.82, 2.24) is 20.3 Å². The molecule has 5 nitrogen and oxygen atoms in total. The van der Waals surface area contributed by atoms with Gasteiger partial charge in [0.1, 0.15) is 11.5 Å². The van der Waals surface area contributed by atoms with Gasteiger partial charge in [-0.15, -0.1) is 11.3 Å². The van der Waals surface area contributed by atoms with Crippen LogP contribution in [-0.4, -0.2) is 20.9 Å². The number of carbonyl (C=O) groups is 1. The Balaban J connectivity index is 1.37. The molecular weight excluding hydrogens is 332 g/mol. The van der Waals surface area contributed by atoms with Crippen LogP contribution in [0.4, 0.5) is 0 Å².